The number of hydrogen-bond donors (Lipinski definition) is 8. The van der Waals surface area contributed by atoms with E-state index < -0.39 is 43.2 Å². The third-order valence-electron chi connectivity index (χ3n) is 25.4. The van der Waals surface area contributed by atoms with E-state index in [-0.39, 0.29) is 106 Å². The van der Waals surface area contributed by atoms with E-state index in [0.29, 0.717) is 88.8 Å². The molecule has 0 radical (unpaired) electrons. The van der Waals surface area contributed by atoms with Crippen molar-refractivity contribution in [3.05, 3.63) is 142 Å². The number of thiocarbonyl (C=S) groups is 3. The van der Waals surface area contributed by atoms with Gasteiger partial charge < -0.3 is 93.6 Å². The number of quaternary nitrogens is 4. The van der Waals surface area contributed by atoms with Gasteiger partial charge in [0.1, 0.15) is 79.2 Å². The molecule has 4 heterocycles. The number of morpholine rings is 3. The number of carbonyl (C=O) groups excluding carboxylic acids is 8. The Balaban J connectivity index is 0.000000370. The molecule has 37 heteroatoms. The first kappa shape index (κ1) is 122. The van der Waals surface area contributed by atoms with Crippen LogP contribution in [0.15, 0.2) is 91.0 Å². The molecule has 4 aliphatic heterocycles. The van der Waals surface area contributed by atoms with Crippen molar-refractivity contribution in [1.82, 2.24) is 36.0 Å². The number of amides is 5. The number of likely N-dealkylation sites (tertiary alicyclic amines) is 1. The van der Waals surface area contributed by atoms with Gasteiger partial charge in [-0.1, -0.05) is 177 Å². The predicted octanol–water partition coefficient (Wildman–Crippen LogP) is 8.45. The summed E-state index contributed by atoms with van der Waals surface area (Å²) in [7, 11) is 0. The second-order valence-electron chi connectivity index (χ2n) is 36.5. The maximum absolute atomic E-state index is 13.9. The van der Waals surface area contributed by atoms with Crippen LogP contribution in [0.2, 0.25) is 0 Å². The summed E-state index contributed by atoms with van der Waals surface area (Å²) in [5.41, 5.74) is 0.799. The second kappa shape index (κ2) is 69.8. The predicted molar refractivity (Wildman–Crippen MR) is 576 cm³/mol. The number of esters is 3. The number of benzene rings is 3. The van der Waals surface area contributed by atoms with Gasteiger partial charge in [-0.25, -0.2) is 19.7 Å². The molecule has 768 valence electrons. The number of nitrogens with one attached hydrogen (secondary N) is 8. The Bertz CT molecular complexity index is 4080. The number of thioether (sulfide) groups is 6. The third kappa shape index (κ3) is 50.9. The molecule has 0 saturated carbocycles. The summed E-state index contributed by atoms with van der Waals surface area (Å²) in [6.45, 7) is 69.7. The third-order valence-corrected chi connectivity index (χ3v) is 33.8. The highest BCUT2D eigenvalue weighted by Crippen LogP contribution is 2.44. The number of nitrogens with zero attached hydrogens (tertiary/aromatic N) is 6. The van der Waals surface area contributed by atoms with E-state index in [1.807, 2.05) is 82.3 Å². The van der Waals surface area contributed by atoms with Gasteiger partial charge in [0.25, 0.3) is 0 Å². The lowest BCUT2D eigenvalue weighted by Gasteiger charge is -2.31. The highest BCUT2D eigenvalue weighted by atomic mass is 32.2. The molecular formula is C101H160N14O14S9+4. The van der Waals surface area contributed by atoms with E-state index in [1.165, 1.54) is 83.3 Å². The first-order valence-electron chi connectivity index (χ1n) is 49.5. The molecule has 28 nitrogen and oxygen atoms in total. The molecule has 7 atom stereocenters. The minimum atomic E-state index is -1.05. The van der Waals surface area contributed by atoms with Crippen LogP contribution >= 0.6 is 107 Å². The van der Waals surface area contributed by atoms with E-state index in [9.17, 15) is 38.4 Å². The Morgan fingerprint density at radius 2 is 0.913 bits per heavy atom. The number of carbonyl (C=O) groups is 8. The van der Waals surface area contributed by atoms with Crippen LogP contribution in [-0.2, 0) is 86.0 Å². The molecule has 138 heavy (non-hydrogen) atoms. The van der Waals surface area contributed by atoms with E-state index in [1.54, 1.807) is 35.3 Å². The molecule has 0 spiro atoms. The molecule has 7 unspecified atom stereocenters. The van der Waals surface area contributed by atoms with Crippen molar-refractivity contribution >= 4 is 165 Å². The lowest BCUT2D eigenvalue weighted by Crippen LogP contribution is -3.14. The molecule has 4 saturated heterocycles. The Morgan fingerprint density at radius 3 is 1.33 bits per heavy atom. The van der Waals surface area contributed by atoms with Gasteiger partial charge in [0.2, 0.25) is 46.2 Å². The molecule has 7 rings (SSSR count). The molecule has 0 bridgehead atoms. The molecular weight excluding hydrogens is 1920 g/mol. The van der Waals surface area contributed by atoms with Crippen molar-refractivity contribution in [2.24, 2.45) is 5.92 Å². The fourth-order valence-electron chi connectivity index (χ4n) is 16.4. The standard InChI is InChI=1S/C39H60N6O6S3.2C31H48N4O4S3/c1-5-43(6-2)24-27-51-37(49)32(30-39(3,40-4)16-14-34(46)41-17-20-44-22-25-50-26-23-44)29-33(36(48)42-18-21-45-19-10-13-35(45)47)54-38(52)53-28-15-31-11-8-7-9-12-31;2*1-6-34(7-2)20-23-39-28(37)31(4,42-29(40)41-24-14-26-11-9-8-10-12-26)25-30(3,32-5)15-13-27(36)33-16-17-35-18-21-38-22-19-35/h7-9,11-12,32-33H,5-6,10,13-30H2,1-3H3,(H,41,46)(H,42,48);2*8-12H,6-7,13-25H2,1-4H3,(H,33,36)/p+4. The van der Waals surface area contributed by atoms with Gasteiger partial charge in [-0.05, 0) is 103 Å². The number of hydrogen-bond acceptors (Lipinski definition) is 25. The summed E-state index contributed by atoms with van der Waals surface area (Å²) in [4.78, 5) is 129. The zero-order chi connectivity index (χ0) is 101. The van der Waals surface area contributed by atoms with Crippen molar-refractivity contribution in [2.45, 2.75) is 204 Å². The summed E-state index contributed by atoms with van der Waals surface area (Å²) in [6.07, 6.45) is 6.22. The van der Waals surface area contributed by atoms with Crippen molar-refractivity contribution < 1.29 is 86.4 Å². The highest BCUT2D eigenvalue weighted by Gasteiger charge is 2.50. The van der Waals surface area contributed by atoms with Gasteiger partial charge in [-0.15, -0.1) is 35.3 Å². The summed E-state index contributed by atoms with van der Waals surface area (Å²) < 4.78 is 33.4. The fraction of sp³-hybridized carbons (Fsp3) is 0.683. The first-order valence-corrected chi connectivity index (χ1v) is 56.2. The molecule has 3 aromatic rings. The van der Waals surface area contributed by atoms with Crippen LogP contribution in [0.3, 0.4) is 0 Å². The molecule has 4 fully saturated rings. The van der Waals surface area contributed by atoms with Crippen molar-refractivity contribution in [1.29, 1.82) is 0 Å². The van der Waals surface area contributed by atoms with E-state index >= 15 is 0 Å². The lowest BCUT2D eigenvalue weighted by molar-refractivity contribution is -0.906. The first-order chi connectivity index (χ1) is 66.3. The topological polar surface area (TPSA) is 281 Å². The van der Waals surface area contributed by atoms with E-state index in [2.05, 4.69) is 124 Å². The summed E-state index contributed by atoms with van der Waals surface area (Å²) in [6, 6.07) is 30.6. The zero-order valence-corrected chi connectivity index (χ0v) is 91.3. The van der Waals surface area contributed by atoms with Crippen LogP contribution in [0.1, 0.15) is 170 Å². The van der Waals surface area contributed by atoms with Crippen LogP contribution < -0.4 is 40.9 Å². The average molecular weight is 2080 g/mol. The van der Waals surface area contributed by atoms with Gasteiger partial charge in [-0.3, -0.25) is 43.3 Å². The normalized spacial score (nSPS) is 16.8. The van der Waals surface area contributed by atoms with Crippen LogP contribution in [0, 0.1) is 25.6 Å². The number of likely N-dealkylation sites (N-methyl/N-ethyl adjacent to an activating group) is 3. The molecule has 0 aromatic heterocycles. The Labute approximate surface area is 866 Å². The van der Waals surface area contributed by atoms with Crippen LogP contribution in [0.5, 0.6) is 0 Å². The van der Waals surface area contributed by atoms with Gasteiger partial charge in [-0.2, -0.15) is 0 Å². The molecule has 5 amide bonds. The maximum Gasteiger partial charge on any atom is 0.322 e. The fourth-order valence-corrected chi connectivity index (χ4v) is 25.6. The second-order valence-corrected chi connectivity index (χ2v) is 47.6. The maximum atomic E-state index is 13.9. The van der Waals surface area contributed by atoms with Crippen molar-refractivity contribution in [3.63, 3.8) is 0 Å². The lowest BCUT2D eigenvalue weighted by atomic mass is 9.83. The molecule has 8 N–H and O–H groups in total. The van der Waals surface area contributed by atoms with Gasteiger partial charge in [0, 0.05) is 142 Å². The molecule has 3 aromatic carbocycles. The molecule has 4 aliphatic rings. The Hall–Kier alpha value is -6.10. The minimum absolute atomic E-state index is 0.0661. The highest BCUT2D eigenvalue weighted by molar-refractivity contribution is 8.48. The quantitative estimate of drug-likeness (QED) is 0.0114. The number of rotatable bonds is 60. The Morgan fingerprint density at radius 1 is 0.514 bits per heavy atom. The smallest absolute Gasteiger partial charge is 0.322 e. The van der Waals surface area contributed by atoms with Crippen molar-refractivity contribution in [2.75, 3.05) is 234 Å². The monoisotopic (exact) mass is 2080 g/mol. The largest absolute Gasteiger partial charge is 0.463 e. The van der Waals surface area contributed by atoms with Crippen LogP contribution in [0.25, 0.3) is 14.5 Å². The zero-order valence-electron chi connectivity index (χ0n) is 84.0. The Kier molecular flexibility index (Phi) is 61.9. The average Bonchev–Trinajstić information content (AvgIpc) is 0.833. The number of ether oxygens (including phenoxy) is 6. The molecule has 0 aliphatic carbocycles. The summed E-state index contributed by atoms with van der Waals surface area (Å²) >= 11 is 25.7. The van der Waals surface area contributed by atoms with Crippen LogP contribution in [0.4, 0.5) is 0 Å². The van der Waals surface area contributed by atoms with Gasteiger partial charge in [0.15, 0.2) is 0 Å². The number of aryl methyl sites for hydroxylation is 3. The SMILES string of the molecule is [C-]#[N+]C(C)(CCC(=O)NCCN1CCOCC1)CC(C)(SC(=S)SCCc1ccccc1)C(=O)OCCN(CC)CC.[C-]#[N+]C(C)(CCC(=O)NCC[NH+]1CCOCC1)CC(C)(SC(=S)SCCc1ccccc1)C(=O)OCC[NH+](CC)CC.[C-]#[N+]C(C)(CCC(=O)NCC[NH+]1CCOCC1)CC(CC(SC(=S)SCCc1ccccc1)C(=O)NCCN1CCCC1=O)C(=O)OCC[NH+](CC)CC. The van der Waals surface area contributed by atoms with E-state index in [0.717, 1.165) is 187 Å². The summed E-state index contributed by atoms with van der Waals surface area (Å²) in [5, 5.41) is 11.3. The van der Waals surface area contributed by atoms with Crippen molar-refractivity contribution in [3.8, 4) is 0 Å². The summed E-state index contributed by atoms with van der Waals surface area (Å²) in [5.74, 6) is -0.0415. The van der Waals surface area contributed by atoms with Gasteiger partial charge >= 0.3 is 17.9 Å². The van der Waals surface area contributed by atoms with Crippen LogP contribution in [-0.4, -0.2) is 338 Å². The van der Waals surface area contributed by atoms with Gasteiger partial charge in [0.05, 0.1) is 116 Å². The minimum Gasteiger partial charge on any atom is -0.463 e. The van der Waals surface area contributed by atoms with E-state index in [4.69, 9.17) is 84.8 Å².